The van der Waals surface area contributed by atoms with E-state index >= 15 is 0 Å². The lowest BCUT2D eigenvalue weighted by Gasteiger charge is -2.23. The van der Waals surface area contributed by atoms with Crippen molar-refractivity contribution in [1.29, 1.82) is 0 Å². The van der Waals surface area contributed by atoms with E-state index in [0.29, 0.717) is 35.0 Å². The highest BCUT2D eigenvalue weighted by molar-refractivity contribution is 6.11. The number of H-pyrrole nitrogens is 1. The number of carbonyl (C=O) groups is 2. The van der Waals surface area contributed by atoms with Crippen molar-refractivity contribution in [1.82, 2.24) is 30.4 Å². The molecule has 6 rings (SSSR count). The lowest BCUT2D eigenvalue weighted by atomic mass is 9.99. The number of pyridine rings is 2. The quantitative estimate of drug-likeness (QED) is 0.507. The Balaban J connectivity index is 1.29. The van der Waals surface area contributed by atoms with Gasteiger partial charge in [0.25, 0.3) is 5.91 Å². The summed E-state index contributed by atoms with van der Waals surface area (Å²) in [4.78, 5) is 44.6. The van der Waals surface area contributed by atoms with Crippen molar-refractivity contribution in [2.24, 2.45) is 9.98 Å². The first kappa shape index (κ1) is 22.1. The minimum atomic E-state index is -0.338. The van der Waals surface area contributed by atoms with Crippen LogP contribution in [-0.4, -0.2) is 74.1 Å². The first-order valence-electron chi connectivity index (χ1n) is 12.1. The van der Waals surface area contributed by atoms with E-state index in [1.165, 1.54) is 0 Å². The van der Waals surface area contributed by atoms with Gasteiger partial charge in [-0.15, -0.1) is 0 Å². The van der Waals surface area contributed by atoms with Gasteiger partial charge in [0, 0.05) is 55.4 Å². The Morgan fingerprint density at radius 1 is 1.14 bits per heavy atom. The zero-order chi connectivity index (χ0) is 24.6. The molecule has 2 unspecified atom stereocenters. The summed E-state index contributed by atoms with van der Waals surface area (Å²) in [6.45, 7) is 3.35. The number of fused-ring (bicyclic) bond motifs is 2. The molecule has 0 spiro atoms. The van der Waals surface area contributed by atoms with Crippen molar-refractivity contribution in [3.63, 3.8) is 0 Å². The smallest absolute Gasteiger partial charge is 0.253 e. The van der Waals surface area contributed by atoms with Crippen LogP contribution >= 0.6 is 0 Å². The fourth-order valence-corrected chi connectivity index (χ4v) is 4.70. The van der Waals surface area contributed by atoms with Crippen LogP contribution in [0.4, 0.5) is 5.82 Å². The fourth-order valence-electron chi connectivity index (χ4n) is 4.70. The standard InChI is InChI=1S/C25H25N9O2/c1-2-20(35)30-19-6-5-14(10-27-19)15-9-16-22(32-33-23(16)28-11-15)24-29-18-13-26-12-17(21(18)31-24)25(36)34-7-3-4-8-34/h5-6,9-13,18,21H,2-4,7-8H2,1H3,(H,29,31)(H,27,30,35)(H,28,32,33). The molecule has 1 fully saturated rings. The summed E-state index contributed by atoms with van der Waals surface area (Å²) < 4.78 is 0. The van der Waals surface area contributed by atoms with E-state index in [1.807, 2.05) is 17.0 Å². The van der Waals surface area contributed by atoms with E-state index < -0.39 is 0 Å². The van der Waals surface area contributed by atoms with Crippen molar-refractivity contribution in [3.8, 4) is 11.1 Å². The van der Waals surface area contributed by atoms with Crippen LogP contribution in [0.5, 0.6) is 0 Å². The van der Waals surface area contributed by atoms with Gasteiger partial charge in [-0.1, -0.05) is 6.92 Å². The number of rotatable bonds is 5. The van der Waals surface area contributed by atoms with Gasteiger partial charge in [-0.05, 0) is 31.0 Å². The van der Waals surface area contributed by atoms with Gasteiger partial charge in [-0.3, -0.25) is 24.7 Å². The van der Waals surface area contributed by atoms with Crippen LogP contribution in [-0.2, 0) is 9.59 Å². The van der Waals surface area contributed by atoms with E-state index in [4.69, 9.17) is 4.99 Å². The summed E-state index contributed by atoms with van der Waals surface area (Å²) in [6.07, 6.45) is 9.32. The summed E-state index contributed by atoms with van der Waals surface area (Å²) in [5.41, 5.74) is 3.58. The number of hydrogen-bond acceptors (Lipinski definition) is 8. The van der Waals surface area contributed by atoms with Crippen LogP contribution in [0.15, 0.2) is 52.4 Å². The summed E-state index contributed by atoms with van der Waals surface area (Å²) in [5.74, 6) is 1.05. The average Bonchev–Trinajstić information content (AvgIpc) is 3.67. The number of hydrogen-bond donors (Lipinski definition) is 3. The number of aliphatic imine (C=N–C) groups is 2. The van der Waals surface area contributed by atoms with Crippen molar-refractivity contribution >= 4 is 40.7 Å². The second kappa shape index (κ2) is 8.99. The normalized spacial score (nSPS) is 20.6. The summed E-state index contributed by atoms with van der Waals surface area (Å²) in [6, 6.07) is 5.10. The van der Waals surface area contributed by atoms with E-state index in [9.17, 15) is 9.59 Å². The third-order valence-electron chi connectivity index (χ3n) is 6.66. The maximum absolute atomic E-state index is 13.1. The molecule has 3 aliphatic heterocycles. The molecule has 2 amide bonds. The van der Waals surface area contributed by atoms with E-state index in [1.54, 1.807) is 37.8 Å². The van der Waals surface area contributed by atoms with Crippen molar-refractivity contribution in [2.75, 3.05) is 18.4 Å². The van der Waals surface area contributed by atoms with Crippen LogP contribution in [0.3, 0.4) is 0 Å². The number of aromatic amines is 1. The molecule has 3 aromatic rings. The molecule has 2 atom stereocenters. The molecular formula is C25H25N9O2. The summed E-state index contributed by atoms with van der Waals surface area (Å²) in [5, 5.41) is 14.3. The van der Waals surface area contributed by atoms with Crippen LogP contribution < -0.4 is 10.6 Å². The predicted octanol–water partition coefficient (Wildman–Crippen LogP) is 2.05. The molecule has 6 heterocycles. The molecule has 0 radical (unpaired) electrons. The number of aromatic nitrogens is 4. The molecule has 0 saturated carbocycles. The molecule has 11 heteroatoms. The highest BCUT2D eigenvalue weighted by Gasteiger charge is 2.38. The van der Waals surface area contributed by atoms with Gasteiger partial charge in [-0.25, -0.2) is 9.97 Å². The molecule has 11 nitrogen and oxygen atoms in total. The molecule has 1 saturated heterocycles. The Labute approximate surface area is 206 Å². The maximum atomic E-state index is 13.1. The predicted molar refractivity (Wildman–Crippen MR) is 136 cm³/mol. The van der Waals surface area contributed by atoms with Crippen LogP contribution in [0.2, 0.25) is 0 Å². The molecule has 182 valence electrons. The third kappa shape index (κ3) is 3.92. The zero-order valence-electron chi connectivity index (χ0n) is 19.7. The molecule has 36 heavy (non-hydrogen) atoms. The topological polar surface area (TPSA) is 141 Å². The first-order chi connectivity index (χ1) is 17.6. The van der Waals surface area contributed by atoms with E-state index in [2.05, 4.69) is 35.8 Å². The minimum absolute atomic E-state index is 0.00986. The molecular weight excluding hydrogens is 458 g/mol. The minimum Gasteiger partial charge on any atom is -0.358 e. The van der Waals surface area contributed by atoms with Crippen molar-refractivity contribution < 1.29 is 9.59 Å². The third-order valence-corrected chi connectivity index (χ3v) is 6.66. The van der Waals surface area contributed by atoms with E-state index in [-0.39, 0.29) is 23.9 Å². The number of amides is 2. The summed E-state index contributed by atoms with van der Waals surface area (Å²) in [7, 11) is 0. The zero-order valence-corrected chi connectivity index (χ0v) is 19.7. The van der Waals surface area contributed by atoms with Gasteiger partial charge in [0.15, 0.2) is 5.65 Å². The van der Waals surface area contributed by atoms with Crippen LogP contribution in [0.25, 0.3) is 22.2 Å². The number of amidine groups is 1. The van der Waals surface area contributed by atoms with E-state index in [0.717, 1.165) is 42.4 Å². The average molecular weight is 484 g/mol. The molecule has 3 aliphatic rings. The molecule has 3 aromatic heterocycles. The first-order valence-corrected chi connectivity index (χ1v) is 12.1. The van der Waals surface area contributed by atoms with Gasteiger partial charge in [0.05, 0.1) is 17.0 Å². The summed E-state index contributed by atoms with van der Waals surface area (Å²) >= 11 is 0. The van der Waals surface area contributed by atoms with Gasteiger partial charge >= 0.3 is 0 Å². The lowest BCUT2D eigenvalue weighted by Crippen LogP contribution is -2.42. The second-order valence-electron chi connectivity index (χ2n) is 9.00. The van der Waals surface area contributed by atoms with Crippen molar-refractivity contribution in [2.45, 2.75) is 38.3 Å². The Hall–Kier alpha value is -4.41. The Morgan fingerprint density at radius 2 is 1.97 bits per heavy atom. The van der Waals surface area contributed by atoms with Gasteiger partial charge < -0.3 is 15.5 Å². The Kier molecular flexibility index (Phi) is 5.51. The van der Waals surface area contributed by atoms with Gasteiger partial charge in [0.2, 0.25) is 5.91 Å². The monoisotopic (exact) mass is 483 g/mol. The molecule has 3 N–H and O–H groups in total. The van der Waals surface area contributed by atoms with Crippen molar-refractivity contribution in [3.05, 3.63) is 48.1 Å². The largest absolute Gasteiger partial charge is 0.358 e. The number of likely N-dealkylation sites (tertiary alicyclic amines) is 1. The number of nitrogens with zero attached hydrogens (tertiary/aromatic N) is 6. The fraction of sp³-hybridized carbons (Fsp3) is 0.320. The molecule has 0 aromatic carbocycles. The highest BCUT2D eigenvalue weighted by Crippen LogP contribution is 2.28. The lowest BCUT2D eigenvalue weighted by molar-refractivity contribution is -0.126. The highest BCUT2D eigenvalue weighted by atomic mass is 16.2. The molecule has 0 bridgehead atoms. The second-order valence-corrected chi connectivity index (χ2v) is 9.00. The van der Waals surface area contributed by atoms with Gasteiger partial charge in [0.1, 0.15) is 23.4 Å². The SMILES string of the molecule is CCC(=O)Nc1ccc(-c2cnc3n[nH]c(C4=NC5C(C(=O)N6CCCC6)=CN=CC5N4)c3c2)cn1. The number of carbonyl (C=O) groups excluding carboxylic acids is 2. The van der Waals surface area contributed by atoms with Gasteiger partial charge in [-0.2, -0.15) is 5.10 Å². The number of nitrogens with one attached hydrogen (secondary N) is 3. The maximum Gasteiger partial charge on any atom is 0.253 e. The number of anilines is 1. The van der Waals surface area contributed by atoms with Crippen LogP contribution in [0, 0.1) is 0 Å². The molecule has 0 aliphatic carbocycles. The Bertz CT molecular complexity index is 1430. The Morgan fingerprint density at radius 3 is 2.75 bits per heavy atom. The van der Waals surface area contributed by atoms with Crippen LogP contribution in [0.1, 0.15) is 31.9 Å².